The highest BCUT2D eigenvalue weighted by Crippen LogP contribution is 2.27. The third-order valence-electron chi connectivity index (χ3n) is 4.95. The predicted molar refractivity (Wildman–Crippen MR) is 111 cm³/mol. The first kappa shape index (κ1) is 18.6. The Morgan fingerprint density at radius 3 is 2.86 bits per heavy atom. The average molecular weight is 385 g/mol. The Morgan fingerprint density at radius 2 is 2.14 bits per heavy atom. The van der Waals surface area contributed by atoms with Crippen LogP contribution in [0.4, 0.5) is 5.82 Å². The predicted octanol–water partition coefficient (Wildman–Crippen LogP) is 1.86. The Bertz CT molecular complexity index is 1210. The van der Waals surface area contributed by atoms with Crippen molar-refractivity contribution in [1.29, 1.82) is 0 Å². The van der Waals surface area contributed by atoms with Gasteiger partial charge in [0.2, 0.25) is 5.60 Å². The molecule has 0 saturated carbocycles. The van der Waals surface area contributed by atoms with E-state index in [9.17, 15) is 9.90 Å². The molecule has 1 aliphatic heterocycles. The van der Waals surface area contributed by atoms with Crippen LogP contribution >= 0.6 is 0 Å². The van der Waals surface area contributed by atoms with Crippen molar-refractivity contribution in [1.82, 2.24) is 19.9 Å². The number of benzene rings is 1. The standard InChI is InChI=1S/C22H19N5O2/c1-3-15-12-17(26-19-18(15)24-13-25-20(19)23)16-6-4-5-14(11-16)7-8-22(29)9-10-27(2)21(22)28/h3-6,11-13,29H,1,9-10H2,2H3,(H2,23,24,25). The summed E-state index contributed by atoms with van der Waals surface area (Å²) in [7, 11) is 1.65. The second-order valence-electron chi connectivity index (χ2n) is 6.92. The molecule has 0 radical (unpaired) electrons. The second kappa shape index (κ2) is 7.00. The van der Waals surface area contributed by atoms with Gasteiger partial charge in [-0.25, -0.2) is 15.0 Å². The number of hydrogen-bond donors (Lipinski definition) is 2. The third-order valence-corrected chi connectivity index (χ3v) is 4.95. The van der Waals surface area contributed by atoms with Crippen molar-refractivity contribution in [2.45, 2.75) is 12.0 Å². The first-order chi connectivity index (χ1) is 13.9. The van der Waals surface area contributed by atoms with Gasteiger partial charge < -0.3 is 15.7 Å². The van der Waals surface area contributed by atoms with Gasteiger partial charge in [-0.2, -0.15) is 0 Å². The third kappa shape index (κ3) is 3.30. The van der Waals surface area contributed by atoms with E-state index in [0.29, 0.717) is 41.1 Å². The molecule has 1 saturated heterocycles. The average Bonchev–Trinajstić information content (AvgIpc) is 3.00. The van der Waals surface area contributed by atoms with Crippen LogP contribution in [-0.2, 0) is 4.79 Å². The van der Waals surface area contributed by atoms with E-state index >= 15 is 0 Å². The lowest BCUT2D eigenvalue weighted by Gasteiger charge is -2.13. The summed E-state index contributed by atoms with van der Waals surface area (Å²) in [6, 6.07) is 9.28. The largest absolute Gasteiger partial charge is 0.382 e. The van der Waals surface area contributed by atoms with Gasteiger partial charge in [0.15, 0.2) is 5.82 Å². The van der Waals surface area contributed by atoms with Gasteiger partial charge in [0.1, 0.15) is 17.4 Å². The first-order valence-corrected chi connectivity index (χ1v) is 9.06. The van der Waals surface area contributed by atoms with E-state index in [4.69, 9.17) is 5.73 Å². The number of nitrogens with two attached hydrogens (primary N) is 1. The van der Waals surface area contributed by atoms with Crippen LogP contribution < -0.4 is 5.73 Å². The molecule has 1 fully saturated rings. The second-order valence-corrected chi connectivity index (χ2v) is 6.92. The SMILES string of the molecule is C=Cc1cc(-c2cccc(C#CC3(O)CCN(C)C3=O)c2)nc2c(N)ncnc12. The molecule has 144 valence electrons. The number of likely N-dealkylation sites (tertiary alicyclic amines) is 1. The molecule has 7 heteroatoms. The number of nitrogens with zero attached hydrogens (tertiary/aromatic N) is 4. The van der Waals surface area contributed by atoms with Crippen molar-refractivity contribution in [3.63, 3.8) is 0 Å². The number of nitrogen functional groups attached to an aromatic ring is 1. The number of pyridine rings is 1. The summed E-state index contributed by atoms with van der Waals surface area (Å²) in [6.07, 6.45) is 3.39. The number of carbonyl (C=O) groups is 1. The molecule has 2 aromatic heterocycles. The van der Waals surface area contributed by atoms with Crippen LogP contribution in [0.5, 0.6) is 0 Å². The molecule has 0 spiro atoms. The molecule has 0 bridgehead atoms. The van der Waals surface area contributed by atoms with Crippen molar-refractivity contribution >= 4 is 28.8 Å². The van der Waals surface area contributed by atoms with Gasteiger partial charge in [-0.15, -0.1) is 0 Å². The number of rotatable bonds is 2. The van der Waals surface area contributed by atoms with Crippen LogP contribution in [0.1, 0.15) is 17.5 Å². The maximum Gasteiger partial charge on any atom is 0.267 e. The van der Waals surface area contributed by atoms with Crippen molar-refractivity contribution in [2.24, 2.45) is 0 Å². The Labute approximate surface area is 167 Å². The molecule has 3 N–H and O–H groups in total. The summed E-state index contributed by atoms with van der Waals surface area (Å²) in [5.41, 5.74) is 8.44. The lowest BCUT2D eigenvalue weighted by Crippen LogP contribution is -2.37. The summed E-state index contributed by atoms with van der Waals surface area (Å²) < 4.78 is 0. The van der Waals surface area contributed by atoms with E-state index in [1.54, 1.807) is 13.1 Å². The van der Waals surface area contributed by atoms with Gasteiger partial charge in [0.25, 0.3) is 5.91 Å². The van der Waals surface area contributed by atoms with E-state index in [1.165, 1.54) is 11.2 Å². The molecule has 4 rings (SSSR count). The highest BCUT2D eigenvalue weighted by Gasteiger charge is 2.42. The Balaban J connectivity index is 1.76. The van der Waals surface area contributed by atoms with E-state index < -0.39 is 5.60 Å². The summed E-state index contributed by atoms with van der Waals surface area (Å²) in [5, 5.41) is 10.5. The molecule has 1 atom stereocenters. The number of fused-ring (bicyclic) bond motifs is 1. The van der Waals surface area contributed by atoms with Gasteiger partial charge >= 0.3 is 0 Å². The minimum Gasteiger partial charge on any atom is -0.382 e. The van der Waals surface area contributed by atoms with Gasteiger partial charge in [-0.05, 0) is 18.2 Å². The number of aliphatic hydroxyl groups is 1. The topological polar surface area (TPSA) is 105 Å². The molecule has 1 aliphatic rings. The fourth-order valence-electron chi connectivity index (χ4n) is 3.29. The molecule has 3 aromatic rings. The zero-order chi connectivity index (χ0) is 20.6. The molecular weight excluding hydrogens is 366 g/mol. The fourth-order valence-corrected chi connectivity index (χ4v) is 3.29. The number of hydrogen-bond acceptors (Lipinski definition) is 6. The number of amides is 1. The summed E-state index contributed by atoms with van der Waals surface area (Å²) in [4.78, 5) is 26.4. The summed E-state index contributed by atoms with van der Waals surface area (Å²) >= 11 is 0. The van der Waals surface area contributed by atoms with Crippen LogP contribution in [-0.4, -0.2) is 50.1 Å². The van der Waals surface area contributed by atoms with Crippen LogP contribution in [0.2, 0.25) is 0 Å². The van der Waals surface area contributed by atoms with Crippen molar-refractivity contribution < 1.29 is 9.90 Å². The van der Waals surface area contributed by atoms with Crippen LogP contribution in [0.3, 0.4) is 0 Å². The lowest BCUT2D eigenvalue weighted by molar-refractivity contribution is -0.137. The lowest BCUT2D eigenvalue weighted by atomic mass is 10.0. The van der Waals surface area contributed by atoms with Crippen LogP contribution in [0, 0.1) is 11.8 Å². The molecule has 1 unspecified atom stereocenters. The normalized spacial score (nSPS) is 18.6. The zero-order valence-electron chi connectivity index (χ0n) is 15.9. The molecule has 3 heterocycles. The molecule has 1 amide bonds. The van der Waals surface area contributed by atoms with Gasteiger partial charge in [0.05, 0.1) is 5.69 Å². The smallest absolute Gasteiger partial charge is 0.267 e. The zero-order valence-corrected chi connectivity index (χ0v) is 15.9. The number of carbonyl (C=O) groups excluding carboxylic acids is 1. The maximum absolute atomic E-state index is 12.1. The Hall–Kier alpha value is -3.76. The van der Waals surface area contributed by atoms with Crippen molar-refractivity contribution in [2.75, 3.05) is 19.3 Å². The first-order valence-electron chi connectivity index (χ1n) is 9.06. The minimum absolute atomic E-state index is 0.294. The van der Waals surface area contributed by atoms with E-state index in [-0.39, 0.29) is 5.91 Å². The molecule has 7 nitrogen and oxygen atoms in total. The van der Waals surface area contributed by atoms with Crippen LogP contribution in [0.15, 0.2) is 43.2 Å². The maximum atomic E-state index is 12.1. The highest BCUT2D eigenvalue weighted by atomic mass is 16.3. The van der Waals surface area contributed by atoms with Gasteiger partial charge in [0, 0.05) is 36.7 Å². The Kier molecular flexibility index (Phi) is 4.49. The fraction of sp³-hybridized carbons (Fsp3) is 0.182. The highest BCUT2D eigenvalue weighted by molar-refractivity contribution is 5.92. The summed E-state index contributed by atoms with van der Waals surface area (Å²) in [6.45, 7) is 4.33. The quantitative estimate of drug-likeness (QED) is 0.653. The number of aromatic nitrogens is 3. The van der Waals surface area contributed by atoms with Crippen molar-refractivity contribution in [3.05, 3.63) is 54.4 Å². The molecular formula is C22H19N5O2. The van der Waals surface area contributed by atoms with Crippen molar-refractivity contribution in [3.8, 4) is 23.1 Å². The number of anilines is 1. The molecule has 0 aliphatic carbocycles. The van der Waals surface area contributed by atoms with Crippen LogP contribution in [0.25, 0.3) is 28.4 Å². The molecule has 29 heavy (non-hydrogen) atoms. The van der Waals surface area contributed by atoms with E-state index in [0.717, 1.165) is 11.1 Å². The minimum atomic E-state index is -1.63. The van der Waals surface area contributed by atoms with Gasteiger partial charge in [-0.1, -0.05) is 36.6 Å². The summed E-state index contributed by atoms with van der Waals surface area (Å²) in [5.74, 6) is 5.57. The van der Waals surface area contributed by atoms with E-state index in [1.807, 2.05) is 30.3 Å². The van der Waals surface area contributed by atoms with Gasteiger partial charge in [-0.3, -0.25) is 4.79 Å². The molecule has 1 aromatic carbocycles. The Morgan fingerprint density at radius 1 is 1.31 bits per heavy atom. The van der Waals surface area contributed by atoms with E-state index in [2.05, 4.69) is 33.4 Å². The number of likely N-dealkylation sites (N-methyl/N-ethyl adjacent to an activating group) is 1. The monoisotopic (exact) mass is 385 g/mol.